The number of halogens is 2. The Balaban J connectivity index is 2.02. The van der Waals surface area contributed by atoms with E-state index in [0.717, 1.165) is 48.0 Å². The van der Waals surface area contributed by atoms with E-state index in [0.29, 0.717) is 6.10 Å². The van der Waals surface area contributed by atoms with Crippen LogP contribution in [0, 0.1) is 0 Å². The predicted molar refractivity (Wildman–Crippen MR) is 85.7 cm³/mol. The molecule has 1 heterocycles. The van der Waals surface area contributed by atoms with Crippen molar-refractivity contribution in [1.82, 2.24) is 5.32 Å². The average Bonchev–Trinajstić information content (AvgIpc) is 2.95. The minimum atomic E-state index is 0.255. The van der Waals surface area contributed by atoms with E-state index in [9.17, 15) is 0 Å². The molecule has 0 spiro atoms. The Hall–Kier alpha value is -0.280. The molecule has 1 fully saturated rings. The van der Waals surface area contributed by atoms with Gasteiger partial charge in [0.2, 0.25) is 0 Å². The minimum absolute atomic E-state index is 0.255. The van der Waals surface area contributed by atoms with Crippen molar-refractivity contribution in [2.24, 2.45) is 0 Å². The van der Waals surface area contributed by atoms with Crippen LogP contribution in [0.25, 0.3) is 0 Å². The van der Waals surface area contributed by atoms with Gasteiger partial charge in [-0.05, 0) is 62.4 Å². The maximum Gasteiger partial charge on any atom is 0.0576 e. The van der Waals surface area contributed by atoms with Gasteiger partial charge in [0.05, 0.1) is 6.10 Å². The number of benzene rings is 1. The standard InChI is InChI=1S/C16H23Cl2NO/c1-2-9-19-16(8-6-13-4-3-10-20-13)14-11-12(17)5-7-15(14)18/h5,7,11,13,16,19H,2-4,6,8-10H2,1H3. The van der Waals surface area contributed by atoms with E-state index in [2.05, 4.69) is 12.2 Å². The van der Waals surface area contributed by atoms with Crippen molar-refractivity contribution in [2.75, 3.05) is 13.2 Å². The lowest BCUT2D eigenvalue weighted by Gasteiger charge is -2.22. The molecule has 0 aliphatic carbocycles. The van der Waals surface area contributed by atoms with Gasteiger partial charge < -0.3 is 10.1 Å². The molecule has 1 saturated heterocycles. The molecular weight excluding hydrogens is 293 g/mol. The third kappa shape index (κ3) is 4.63. The van der Waals surface area contributed by atoms with Gasteiger partial charge in [0, 0.05) is 22.7 Å². The molecule has 2 nitrogen and oxygen atoms in total. The lowest BCUT2D eigenvalue weighted by atomic mass is 9.99. The van der Waals surface area contributed by atoms with Crippen molar-refractivity contribution >= 4 is 23.2 Å². The number of nitrogens with one attached hydrogen (secondary N) is 1. The van der Waals surface area contributed by atoms with Crippen LogP contribution in [0.4, 0.5) is 0 Å². The van der Waals surface area contributed by atoms with E-state index < -0.39 is 0 Å². The molecule has 20 heavy (non-hydrogen) atoms. The van der Waals surface area contributed by atoms with E-state index in [1.54, 1.807) is 0 Å². The zero-order chi connectivity index (χ0) is 14.4. The first kappa shape index (κ1) is 16.1. The second-order valence-corrected chi connectivity index (χ2v) is 6.23. The van der Waals surface area contributed by atoms with Gasteiger partial charge in [0.1, 0.15) is 0 Å². The molecule has 1 N–H and O–H groups in total. The molecule has 1 aromatic rings. The van der Waals surface area contributed by atoms with Crippen LogP contribution in [0.15, 0.2) is 18.2 Å². The summed E-state index contributed by atoms with van der Waals surface area (Å²) >= 11 is 12.4. The van der Waals surface area contributed by atoms with Crippen molar-refractivity contribution < 1.29 is 4.74 Å². The summed E-state index contributed by atoms with van der Waals surface area (Å²) in [7, 11) is 0. The number of ether oxygens (including phenoxy) is 1. The molecule has 0 saturated carbocycles. The van der Waals surface area contributed by atoms with Crippen LogP contribution < -0.4 is 5.32 Å². The van der Waals surface area contributed by atoms with E-state index in [1.807, 2.05) is 18.2 Å². The third-order valence-corrected chi connectivity index (χ3v) is 4.35. The highest BCUT2D eigenvalue weighted by molar-refractivity contribution is 6.33. The second-order valence-electron chi connectivity index (χ2n) is 5.38. The van der Waals surface area contributed by atoms with Gasteiger partial charge in [0.25, 0.3) is 0 Å². The molecular formula is C16H23Cl2NO. The zero-order valence-corrected chi connectivity index (χ0v) is 13.5. The van der Waals surface area contributed by atoms with Crippen LogP contribution >= 0.6 is 23.2 Å². The first-order valence-electron chi connectivity index (χ1n) is 7.50. The van der Waals surface area contributed by atoms with Crippen molar-refractivity contribution in [3.63, 3.8) is 0 Å². The Bertz CT molecular complexity index is 419. The van der Waals surface area contributed by atoms with Crippen LogP contribution in [-0.4, -0.2) is 19.3 Å². The van der Waals surface area contributed by atoms with Crippen LogP contribution in [0.2, 0.25) is 10.0 Å². The highest BCUT2D eigenvalue weighted by Gasteiger charge is 2.20. The van der Waals surface area contributed by atoms with Crippen molar-refractivity contribution in [2.45, 2.75) is 51.2 Å². The monoisotopic (exact) mass is 315 g/mol. The van der Waals surface area contributed by atoms with E-state index >= 15 is 0 Å². The molecule has 0 aromatic heterocycles. The summed E-state index contributed by atoms with van der Waals surface area (Å²) in [6.45, 7) is 4.07. The van der Waals surface area contributed by atoms with Gasteiger partial charge in [-0.15, -0.1) is 0 Å². The Morgan fingerprint density at radius 3 is 2.95 bits per heavy atom. The lowest BCUT2D eigenvalue weighted by molar-refractivity contribution is 0.0996. The van der Waals surface area contributed by atoms with Gasteiger partial charge >= 0.3 is 0 Å². The van der Waals surface area contributed by atoms with Crippen molar-refractivity contribution in [1.29, 1.82) is 0 Å². The summed E-state index contributed by atoms with van der Waals surface area (Å²) in [6.07, 6.45) is 6.00. The van der Waals surface area contributed by atoms with Gasteiger partial charge in [-0.1, -0.05) is 30.1 Å². The molecule has 112 valence electrons. The topological polar surface area (TPSA) is 21.3 Å². The first-order valence-corrected chi connectivity index (χ1v) is 8.26. The van der Waals surface area contributed by atoms with Crippen LogP contribution in [0.5, 0.6) is 0 Å². The third-order valence-electron chi connectivity index (χ3n) is 3.78. The molecule has 1 aliphatic heterocycles. The summed E-state index contributed by atoms with van der Waals surface area (Å²) in [5.74, 6) is 0. The Kier molecular flexibility index (Phi) is 6.63. The van der Waals surface area contributed by atoms with E-state index in [1.165, 1.54) is 12.8 Å². The fourth-order valence-corrected chi connectivity index (χ4v) is 3.12. The van der Waals surface area contributed by atoms with E-state index in [-0.39, 0.29) is 6.04 Å². The summed E-state index contributed by atoms with van der Waals surface area (Å²) in [6, 6.07) is 5.95. The fraction of sp³-hybridized carbons (Fsp3) is 0.625. The normalized spacial score (nSPS) is 20.2. The molecule has 0 radical (unpaired) electrons. The molecule has 2 atom stereocenters. The molecule has 2 rings (SSSR count). The van der Waals surface area contributed by atoms with Crippen molar-refractivity contribution in [3.8, 4) is 0 Å². The molecule has 2 unspecified atom stereocenters. The fourth-order valence-electron chi connectivity index (χ4n) is 2.69. The summed E-state index contributed by atoms with van der Waals surface area (Å²) in [5.41, 5.74) is 1.10. The maximum atomic E-state index is 6.34. The van der Waals surface area contributed by atoms with Gasteiger partial charge in [-0.25, -0.2) is 0 Å². The van der Waals surface area contributed by atoms with Gasteiger partial charge in [0.15, 0.2) is 0 Å². The Labute approximate surface area is 131 Å². The minimum Gasteiger partial charge on any atom is -0.378 e. The second kappa shape index (κ2) is 8.23. The van der Waals surface area contributed by atoms with Gasteiger partial charge in [-0.2, -0.15) is 0 Å². The van der Waals surface area contributed by atoms with E-state index in [4.69, 9.17) is 27.9 Å². The zero-order valence-electron chi connectivity index (χ0n) is 12.0. The van der Waals surface area contributed by atoms with Crippen molar-refractivity contribution in [3.05, 3.63) is 33.8 Å². The predicted octanol–water partition coefficient (Wildman–Crippen LogP) is 4.99. The quantitative estimate of drug-likeness (QED) is 0.765. The lowest BCUT2D eigenvalue weighted by Crippen LogP contribution is -2.24. The highest BCUT2D eigenvalue weighted by atomic mass is 35.5. The van der Waals surface area contributed by atoms with Gasteiger partial charge in [-0.3, -0.25) is 0 Å². The Morgan fingerprint density at radius 1 is 1.40 bits per heavy atom. The summed E-state index contributed by atoms with van der Waals surface area (Å²) in [5, 5.41) is 5.11. The Morgan fingerprint density at radius 2 is 2.25 bits per heavy atom. The number of hydrogen-bond acceptors (Lipinski definition) is 2. The van der Waals surface area contributed by atoms with Crippen LogP contribution in [-0.2, 0) is 4.74 Å². The number of hydrogen-bond donors (Lipinski definition) is 1. The summed E-state index contributed by atoms with van der Waals surface area (Å²) < 4.78 is 5.71. The highest BCUT2D eigenvalue weighted by Crippen LogP contribution is 2.30. The number of rotatable bonds is 7. The molecule has 4 heteroatoms. The SMILES string of the molecule is CCCNC(CCC1CCCO1)c1cc(Cl)ccc1Cl. The molecule has 1 aromatic carbocycles. The smallest absolute Gasteiger partial charge is 0.0576 e. The first-order chi connectivity index (χ1) is 9.70. The molecule has 0 amide bonds. The van der Waals surface area contributed by atoms with Crippen LogP contribution in [0.3, 0.4) is 0 Å². The average molecular weight is 316 g/mol. The largest absolute Gasteiger partial charge is 0.378 e. The summed E-state index contributed by atoms with van der Waals surface area (Å²) in [4.78, 5) is 0. The van der Waals surface area contributed by atoms with Crippen LogP contribution in [0.1, 0.15) is 50.6 Å². The molecule has 1 aliphatic rings. The molecule has 0 bridgehead atoms. The maximum absolute atomic E-state index is 6.34.